The van der Waals surface area contributed by atoms with Crippen LogP contribution < -0.4 is 9.64 Å². The molecule has 6 heteroatoms. The number of rotatable bonds is 5. The summed E-state index contributed by atoms with van der Waals surface area (Å²) in [7, 11) is 0. The number of hydrogen-bond donors (Lipinski definition) is 0. The van der Waals surface area contributed by atoms with Crippen molar-refractivity contribution in [1.29, 1.82) is 0 Å². The van der Waals surface area contributed by atoms with Crippen LogP contribution in [0.25, 0.3) is 0 Å². The summed E-state index contributed by atoms with van der Waals surface area (Å²) in [5.74, 6) is -0.559. The molecule has 0 spiro atoms. The van der Waals surface area contributed by atoms with Gasteiger partial charge in [0.1, 0.15) is 18.9 Å². The minimum Gasteiger partial charge on any atom is -0.482 e. The molecule has 2 aromatic carbocycles. The van der Waals surface area contributed by atoms with Gasteiger partial charge in [0.25, 0.3) is 5.91 Å². The first-order chi connectivity index (χ1) is 12.0. The van der Waals surface area contributed by atoms with Gasteiger partial charge in [-0.15, -0.1) is 0 Å². The molecule has 0 radical (unpaired) electrons. The van der Waals surface area contributed by atoms with E-state index in [1.54, 1.807) is 18.2 Å². The van der Waals surface area contributed by atoms with Gasteiger partial charge in [-0.1, -0.05) is 30.3 Å². The number of benzene rings is 2. The first kappa shape index (κ1) is 16.7. The van der Waals surface area contributed by atoms with Crippen molar-refractivity contribution in [3.63, 3.8) is 0 Å². The van der Waals surface area contributed by atoms with Crippen molar-refractivity contribution in [2.45, 2.75) is 13.5 Å². The molecule has 1 heterocycles. The number of nitrogens with zero attached hydrogens (tertiary/aromatic N) is 1. The van der Waals surface area contributed by atoms with Crippen molar-refractivity contribution < 1.29 is 23.9 Å². The molecule has 128 valence electrons. The Bertz CT molecular complexity index is 816. The van der Waals surface area contributed by atoms with Crippen LogP contribution in [-0.2, 0) is 20.9 Å². The summed E-state index contributed by atoms with van der Waals surface area (Å²) in [4.78, 5) is 37.1. The Morgan fingerprint density at radius 2 is 1.92 bits per heavy atom. The smallest absolute Gasteiger partial charge is 0.326 e. The zero-order valence-corrected chi connectivity index (χ0v) is 13.7. The third-order valence-corrected chi connectivity index (χ3v) is 3.84. The predicted molar refractivity (Wildman–Crippen MR) is 90.5 cm³/mol. The SMILES string of the molecule is CC(=O)c1ccc2c(c1)N(CC(=O)OCc1ccccc1)C(=O)CO2. The molecule has 2 aromatic rings. The Hall–Kier alpha value is -3.15. The van der Waals surface area contributed by atoms with Gasteiger partial charge in [0.15, 0.2) is 12.4 Å². The van der Waals surface area contributed by atoms with Crippen LogP contribution in [-0.4, -0.2) is 30.8 Å². The summed E-state index contributed by atoms with van der Waals surface area (Å²) in [6, 6.07) is 14.1. The number of ketones is 1. The van der Waals surface area contributed by atoms with Crippen LogP contribution in [0.5, 0.6) is 5.75 Å². The van der Waals surface area contributed by atoms with Crippen LogP contribution in [0.4, 0.5) is 5.69 Å². The lowest BCUT2D eigenvalue weighted by Crippen LogP contribution is -2.42. The lowest BCUT2D eigenvalue weighted by Gasteiger charge is -2.28. The second kappa shape index (κ2) is 7.17. The Labute approximate surface area is 145 Å². The number of amides is 1. The molecule has 0 saturated heterocycles. The Morgan fingerprint density at radius 1 is 1.16 bits per heavy atom. The van der Waals surface area contributed by atoms with Gasteiger partial charge in [-0.3, -0.25) is 19.3 Å². The van der Waals surface area contributed by atoms with Gasteiger partial charge in [0.05, 0.1) is 5.69 Å². The molecule has 1 amide bonds. The second-order valence-electron chi connectivity index (χ2n) is 5.65. The van der Waals surface area contributed by atoms with Crippen LogP contribution in [0, 0.1) is 0 Å². The standard InChI is InChI=1S/C19H17NO5/c1-13(21)15-7-8-17-16(9-15)20(18(22)12-24-17)10-19(23)25-11-14-5-3-2-4-6-14/h2-9H,10-12H2,1H3. The lowest BCUT2D eigenvalue weighted by atomic mass is 10.1. The summed E-state index contributed by atoms with van der Waals surface area (Å²) < 4.78 is 10.6. The normalized spacial score (nSPS) is 13.0. The van der Waals surface area contributed by atoms with Gasteiger partial charge >= 0.3 is 5.97 Å². The summed E-state index contributed by atoms with van der Waals surface area (Å²) in [5, 5.41) is 0. The highest BCUT2D eigenvalue weighted by atomic mass is 16.5. The molecule has 0 aromatic heterocycles. The maximum Gasteiger partial charge on any atom is 0.326 e. The highest BCUT2D eigenvalue weighted by molar-refractivity contribution is 6.03. The van der Waals surface area contributed by atoms with Crippen LogP contribution in [0.2, 0.25) is 0 Å². The molecule has 25 heavy (non-hydrogen) atoms. The number of carbonyl (C=O) groups excluding carboxylic acids is 3. The molecule has 0 bridgehead atoms. The van der Waals surface area contributed by atoms with E-state index in [2.05, 4.69) is 0 Å². The monoisotopic (exact) mass is 339 g/mol. The van der Waals surface area contributed by atoms with E-state index < -0.39 is 5.97 Å². The molecule has 0 fully saturated rings. The quantitative estimate of drug-likeness (QED) is 0.618. The number of esters is 1. The molecular formula is C19H17NO5. The third-order valence-electron chi connectivity index (χ3n) is 3.84. The summed E-state index contributed by atoms with van der Waals surface area (Å²) in [5.41, 5.74) is 1.71. The van der Waals surface area contributed by atoms with Gasteiger partial charge in [0.2, 0.25) is 0 Å². The van der Waals surface area contributed by atoms with E-state index in [0.29, 0.717) is 17.0 Å². The van der Waals surface area contributed by atoms with E-state index in [-0.39, 0.29) is 31.4 Å². The zero-order chi connectivity index (χ0) is 17.8. The van der Waals surface area contributed by atoms with Crippen LogP contribution in [0.1, 0.15) is 22.8 Å². The van der Waals surface area contributed by atoms with Crippen molar-refractivity contribution in [1.82, 2.24) is 0 Å². The van der Waals surface area contributed by atoms with Crippen molar-refractivity contribution >= 4 is 23.3 Å². The first-order valence-corrected chi connectivity index (χ1v) is 7.82. The van der Waals surface area contributed by atoms with Crippen molar-refractivity contribution in [2.24, 2.45) is 0 Å². The highest BCUT2D eigenvalue weighted by Gasteiger charge is 2.28. The summed E-state index contributed by atoms with van der Waals surface area (Å²) in [6.45, 7) is 1.19. The zero-order valence-electron chi connectivity index (χ0n) is 13.7. The first-order valence-electron chi connectivity index (χ1n) is 7.82. The molecule has 0 N–H and O–H groups in total. The molecule has 6 nitrogen and oxygen atoms in total. The van der Waals surface area contributed by atoms with Gasteiger partial charge in [0, 0.05) is 5.56 Å². The van der Waals surface area contributed by atoms with Gasteiger partial charge in [-0.05, 0) is 30.7 Å². The number of anilines is 1. The largest absolute Gasteiger partial charge is 0.482 e. The van der Waals surface area contributed by atoms with Gasteiger partial charge in [-0.25, -0.2) is 0 Å². The topological polar surface area (TPSA) is 72.9 Å². The van der Waals surface area contributed by atoms with Gasteiger partial charge in [-0.2, -0.15) is 0 Å². The fourth-order valence-corrected chi connectivity index (χ4v) is 2.51. The molecule has 1 aliphatic rings. The fraction of sp³-hybridized carbons (Fsp3) is 0.211. The minimum absolute atomic E-state index is 0.132. The van der Waals surface area contributed by atoms with E-state index in [4.69, 9.17) is 9.47 Å². The average molecular weight is 339 g/mol. The third kappa shape index (κ3) is 3.85. The maximum absolute atomic E-state index is 12.2. The molecule has 0 unspecified atom stereocenters. The second-order valence-corrected chi connectivity index (χ2v) is 5.65. The molecule has 0 saturated carbocycles. The maximum atomic E-state index is 12.2. The fourth-order valence-electron chi connectivity index (χ4n) is 2.51. The Morgan fingerprint density at radius 3 is 2.64 bits per heavy atom. The summed E-state index contributed by atoms with van der Waals surface area (Å²) in [6.07, 6.45) is 0. The summed E-state index contributed by atoms with van der Waals surface area (Å²) >= 11 is 0. The number of Topliss-reactive ketones (excluding diaryl/α,β-unsaturated/α-hetero) is 1. The minimum atomic E-state index is -0.529. The number of fused-ring (bicyclic) bond motifs is 1. The molecule has 3 rings (SSSR count). The lowest BCUT2D eigenvalue weighted by molar-refractivity contribution is -0.144. The van der Waals surface area contributed by atoms with E-state index in [0.717, 1.165) is 5.56 Å². The van der Waals surface area contributed by atoms with Crippen molar-refractivity contribution in [3.05, 3.63) is 59.7 Å². The van der Waals surface area contributed by atoms with E-state index in [1.165, 1.54) is 11.8 Å². The average Bonchev–Trinajstić information content (AvgIpc) is 2.63. The van der Waals surface area contributed by atoms with E-state index in [9.17, 15) is 14.4 Å². The molecule has 0 aliphatic carbocycles. The number of ether oxygens (including phenoxy) is 2. The Kier molecular flexibility index (Phi) is 4.79. The van der Waals surface area contributed by atoms with E-state index >= 15 is 0 Å². The predicted octanol–water partition coefficient (Wildman–Crippen LogP) is 2.36. The molecule has 0 atom stereocenters. The van der Waals surface area contributed by atoms with Crippen molar-refractivity contribution in [3.8, 4) is 5.75 Å². The van der Waals surface area contributed by atoms with Crippen LogP contribution >= 0.6 is 0 Å². The molecular weight excluding hydrogens is 322 g/mol. The van der Waals surface area contributed by atoms with Crippen LogP contribution in [0.15, 0.2) is 48.5 Å². The number of hydrogen-bond acceptors (Lipinski definition) is 5. The van der Waals surface area contributed by atoms with Crippen molar-refractivity contribution in [2.75, 3.05) is 18.1 Å². The van der Waals surface area contributed by atoms with Crippen LogP contribution in [0.3, 0.4) is 0 Å². The molecule has 1 aliphatic heterocycles. The highest BCUT2D eigenvalue weighted by Crippen LogP contribution is 2.33. The Balaban J connectivity index is 1.73. The number of carbonyl (C=O) groups is 3. The van der Waals surface area contributed by atoms with Gasteiger partial charge < -0.3 is 9.47 Å². The van der Waals surface area contributed by atoms with E-state index in [1.807, 2.05) is 30.3 Å².